The van der Waals surface area contributed by atoms with E-state index in [4.69, 9.17) is 14.2 Å². The normalized spacial score (nSPS) is 12.7. The Hall–Kier alpha value is -3.15. The lowest BCUT2D eigenvalue weighted by Crippen LogP contribution is -2.30. The van der Waals surface area contributed by atoms with Gasteiger partial charge in [0.25, 0.3) is 0 Å². The maximum atomic E-state index is 12.7. The Bertz CT molecular complexity index is 1110. The van der Waals surface area contributed by atoms with Gasteiger partial charge in [-0.2, -0.15) is 0 Å². The Kier molecular flexibility index (Phi) is 44.0. The van der Waals surface area contributed by atoms with Crippen LogP contribution in [0.25, 0.3) is 0 Å². The quantitative estimate of drug-likeness (QED) is 0.0264. The molecule has 1 atom stereocenters. The summed E-state index contributed by atoms with van der Waals surface area (Å²) >= 11 is 0. The van der Waals surface area contributed by atoms with Crippen molar-refractivity contribution in [3.63, 3.8) is 0 Å². The van der Waals surface area contributed by atoms with Crippen LogP contribution in [0.15, 0.2) is 72.9 Å². The number of esters is 3. The second kappa shape index (κ2) is 46.5. The van der Waals surface area contributed by atoms with Crippen molar-refractivity contribution in [3.8, 4) is 0 Å². The van der Waals surface area contributed by atoms with Crippen LogP contribution in [0.5, 0.6) is 0 Å². The van der Waals surface area contributed by atoms with Crippen LogP contribution in [0, 0.1) is 0 Å². The fourth-order valence-electron chi connectivity index (χ4n) is 6.34. The van der Waals surface area contributed by atoms with E-state index in [2.05, 4.69) is 93.7 Å². The molecule has 0 fully saturated rings. The van der Waals surface area contributed by atoms with Gasteiger partial charge in [0.15, 0.2) is 6.10 Å². The van der Waals surface area contributed by atoms with Crippen molar-refractivity contribution in [1.82, 2.24) is 0 Å². The smallest absolute Gasteiger partial charge is 0.306 e. The molecule has 0 amide bonds. The summed E-state index contributed by atoms with van der Waals surface area (Å²) in [7, 11) is 0. The number of carbonyl (C=O) groups is 3. The predicted molar refractivity (Wildman–Crippen MR) is 247 cm³/mol. The molecule has 6 heteroatoms. The molecule has 0 aromatic heterocycles. The summed E-state index contributed by atoms with van der Waals surface area (Å²) in [5, 5.41) is 0. The molecule has 332 valence electrons. The average Bonchev–Trinajstić information content (AvgIpc) is 3.22. The van der Waals surface area contributed by atoms with Gasteiger partial charge < -0.3 is 14.2 Å². The summed E-state index contributed by atoms with van der Waals surface area (Å²) < 4.78 is 16.6. The second-order valence-corrected chi connectivity index (χ2v) is 15.6. The van der Waals surface area contributed by atoms with Gasteiger partial charge >= 0.3 is 17.9 Å². The molecule has 0 bridgehead atoms. The molecule has 0 N–H and O–H groups in total. The minimum absolute atomic E-state index is 0.0926. The minimum atomic E-state index is -0.791. The molecule has 0 rings (SSSR count). The van der Waals surface area contributed by atoms with Crippen molar-refractivity contribution in [3.05, 3.63) is 72.9 Å². The first-order valence-corrected chi connectivity index (χ1v) is 23.9. The number of ether oxygens (including phenoxy) is 3. The van der Waals surface area contributed by atoms with E-state index in [-0.39, 0.29) is 31.1 Å². The maximum Gasteiger partial charge on any atom is 0.306 e. The molecule has 0 aliphatic rings. The van der Waals surface area contributed by atoms with Gasteiger partial charge in [0, 0.05) is 19.3 Å². The number of hydrogen-bond acceptors (Lipinski definition) is 6. The summed E-state index contributed by atoms with van der Waals surface area (Å²) in [4.78, 5) is 37.6. The Balaban J connectivity index is 4.28. The van der Waals surface area contributed by atoms with Gasteiger partial charge in [-0.1, -0.05) is 184 Å². The van der Waals surface area contributed by atoms with E-state index < -0.39 is 6.10 Å². The summed E-state index contributed by atoms with van der Waals surface area (Å²) in [5.41, 5.74) is 0. The molecule has 0 heterocycles. The molecule has 0 saturated carbocycles. The molecule has 0 aliphatic carbocycles. The summed E-state index contributed by atoms with van der Waals surface area (Å²) in [6.45, 7) is 6.40. The number of carbonyl (C=O) groups excluding carboxylic acids is 3. The number of hydrogen-bond donors (Lipinski definition) is 0. The molecule has 0 radical (unpaired) electrons. The van der Waals surface area contributed by atoms with E-state index in [1.807, 2.05) is 0 Å². The van der Waals surface area contributed by atoms with Crippen molar-refractivity contribution in [2.24, 2.45) is 0 Å². The zero-order valence-electron chi connectivity index (χ0n) is 37.8. The first kappa shape index (κ1) is 54.9. The van der Waals surface area contributed by atoms with E-state index in [1.165, 1.54) is 77.0 Å². The largest absolute Gasteiger partial charge is 0.462 e. The van der Waals surface area contributed by atoms with Crippen LogP contribution in [0.2, 0.25) is 0 Å². The van der Waals surface area contributed by atoms with E-state index in [9.17, 15) is 14.4 Å². The molecule has 0 spiro atoms. The highest BCUT2D eigenvalue weighted by atomic mass is 16.6. The third kappa shape index (κ3) is 44.0. The van der Waals surface area contributed by atoms with Gasteiger partial charge in [0.2, 0.25) is 0 Å². The lowest BCUT2D eigenvalue weighted by molar-refractivity contribution is -0.167. The molecule has 1 unspecified atom stereocenters. The number of allylic oxidation sites excluding steroid dienone is 12. The van der Waals surface area contributed by atoms with Crippen LogP contribution in [0.1, 0.15) is 220 Å². The van der Waals surface area contributed by atoms with Crippen LogP contribution in [-0.4, -0.2) is 37.2 Å². The van der Waals surface area contributed by atoms with E-state index in [0.717, 1.165) is 103 Å². The highest BCUT2D eigenvalue weighted by Crippen LogP contribution is 2.13. The predicted octanol–water partition coefficient (Wildman–Crippen LogP) is 15.5. The van der Waals surface area contributed by atoms with Gasteiger partial charge in [-0.15, -0.1) is 0 Å². The summed E-state index contributed by atoms with van der Waals surface area (Å²) in [6.07, 6.45) is 57.7. The van der Waals surface area contributed by atoms with Gasteiger partial charge in [-0.3, -0.25) is 14.4 Å². The van der Waals surface area contributed by atoms with Crippen LogP contribution >= 0.6 is 0 Å². The van der Waals surface area contributed by atoms with Crippen LogP contribution < -0.4 is 0 Å². The van der Waals surface area contributed by atoms with Crippen LogP contribution in [-0.2, 0) is 28.6 Å². The zero-order chi connectivity index (χ0) is 42.3. The first-order valence-electron chi connectivity index (χ1n) is 23.9. The monoisotopic (exact) mass is 809 g/mol. The molecule has 0 saturated heterocycles. The van der Waals surface area contributed by atoms with E-state index in [0.29, 0.717) is 19.3 Å². The van der Waals surface area contributed by atoms with E-state index >= 15 is 0 Å². The van der Waals surface area contributed by atoms with Crippen LogP contribution in [0.4, 0.5) is 0 Å². The Morgan fingerprint density at radius 3 is 1.07 bits per heavy atom. The average molecular weight is 809 g/mol. The third-order valence-corrected chi connectivity index (χ3v) is 9.95. The Morgan fingerprint density at radius 1 is 0.362 bits per heavy atom. The number of unbranched alkanes of at least 4 members (excludes halogenated alkanes) is 19. The maximum absolute atomic E-state index is 12.7. The summed E-state index contributed by atoms with van der Waals surface area (Å²) in [5.74, 6) is -0.949. The van der Waals surface area contributed by atoms with E-state index in [1.54, 1.807) is 0 Å². The highest BCUT2D eigenvalue weighted by Gasteiger charge is 2.19. The SMILES string of the molecule is CC/C=C\C/C=C\C/C=C\CCCCCC(=O)OC(COC(=O)CCCCCCCC)COC(=O)CCCCCCCC/C=C\C/C=C\C/C=C\CCCCCCC. The van der Waals surface area contributed by atoms with Gasteiger partial charge in [-0.25, -0.2) is 0 Å². The molecular formula is C52H88O6. The molecule has 0 aliphatic heterocycles. The molecule has 58 heavy (non-hydrogen) atoms. The fraction of sp³-hybridized carbons (Fsp3) is 0.712. The lowest BCUT2D eigenvalue weighted by atomic mass is 10.1. The van der Waals surface area contributed by atoms with Gasteiger partial charge in [0.1, 0.15) is 13.2 Å². The van der Waals surface area contributed by atoms with Crippen molar-refractivity contribution < 1.29 is 28.6 Å². The Morgan fingerprint density at radius 2 is 0.672 bits per heavy atom. The topological polar surface area (TPSA) is 78.9 Å². The number of rotatable bonds is 42. The van der Waals surface area contributed by atoms with Crippen molar-refractivity contribution in [1.29, 1.82) is 0 Å². The standard InChI is InChI=1S/C52H88O6/c1-4-7-10-13-16-18-20-22-23-24-25-26-27-28-29-31-32-34-36-39-42-45-51(54)57-48-49(47-56-50(53)44-41-38-15-12-9-6-3)58-52(55)46-43-40-37-35-33-30-21-19-17-14-11-8-5-2/h8,11,17,19-20,22,24-25,27-28,30,33,49H,4-7,9-10,12-16,18,21,23,26,29,31-32,34-48H2,1-3H3/b11-8-,19-17-,22-20-,25-24-,28-27-,33-30-. The van der Waals surface area contributed by atoms with Crippen molar-refractivity contribution in [2.75, 3.05) is 13.2 Å². The third-order valence-electron chi connectivity index (χ3n) is 9.95. The Labute approximate surface area is 357 Å². The van der Waals surface area contributed by atoms with Crippen molar-refractivity contribution in [2.45, 2.75) is 226 Å². The zero-order valence-corrected chi connectivity index (χ0v) is 37.8. The molecule has 0 aromatic carbocycles. The summed E-state index contributed by atoms with van der Waals surface area (Å²) in [6, 6.07) is 0. The molecule has 6 nitrogen and oxygen atoms in total. The highest BCUT2D eigenvalue weighted by molar-refractivity contribution is 5.71. The van der Waals surface area contributed by atoms with Gasteiger partial charge in [-0.05, 0) is 89.9 Å². The minimum Gasteiger partial charge on any atom is -0.462 e. The fourth-order valence-corrected chi connectivity index (χ4v) is 6.34. The lowest BCUT2D eigenvalue weighted by Gasteiger charge is -2.18. The first-order chi connectivity index (χ1) is 28.5. The van der Waals surface area contributed by atoms with Gasteiger partial charge in [0.05, 0.1) is 0 Å². The molecular weight excluding hydrogens is 721 g/mol. The second-order valence-electron chi connectivity index (χ2n) is 15.6. The van der Waals surface area contributed by atoms with Crippen molar-refractivity contribution >= 4 is 17.9 Å². The van der Waals surface area contributed by atoms with Crippen LogP contribution in [0.3, 0.4) is 0 Å². The molecule has 0 aromatic rings.